The molecule has 0 heterocycles. The van der Waals surface area contributed by atoms with Crippen LogP contribution in [-0.2, 0) is 19.0 Å². The van der Waals surface area contributed by atoms with Crippen LogP contribution in [0, 0.1) is 40.4 Å². The number of hydrogen-bond donors (Lipinski definition) is 0. The van der Waals surface area contributed by atoms with Crippen molar-refractivity contribution in [3.05, 3.63) is 0 Å². The number of ketones is 1. The second-order valence-electron chi connectivity index (χ2n) is 10.8. The lowest BCUT2D eigenvalue weighted by atomic mass is 9.44. The summed E-state index contributed by atoms with van der Waals surface area (Å²) in [6.07, 6.45) is 9.36. The summed E-state index contributed by atoms with van der Waals surface area (Å²) in [5.41, 5.74) is 0.586. The van der Waals surface area contributed by atoms with Gasteiger partial charge >= 0.3 is 0 Å². The average molecular weight is 407 g/mol. The molecule has 4 heteroatoms. The zero-order chi connectivity index (χ0) is 20.8. The molecule has 0 aromatic carbocycles. The summed E-state index contributed by atoms with van der Waals surface area (Å²) < 4.78 is 17.7. The fourth-order valence-corrected chi connectivity index (χ4v) is 8.37. The van der Waals surface area contributed by atoms with E-state index in [2.05, 4.69) is 13.8 Å². The number of hydrogen-bond acceptors (Lipinski definition) is 4. The Morgan fingerprint density at radius 3 is 2.31 bits per heavy atom. The molecule has 0 N–H and O–H groups in total. The molecule has 4 fully saturated rings. The molecule has 4 aliphatic rings. The minimum Gasteiger partial charge on any atom is -0.381 e. The molecule has 166 valence electrons. The highest BCUT2D eigenvalue weighted by Gasteiger charge is 2.61. The van der Waals surface area contributed by atoms with Gasteiger partial charge in [-0.1, -0.05) is 13.8 Å². The SMILES string of the molecule is CCOC(OCC)[C@@H]1C[C@@]2(C)[C@@H](CC[C@@H]3[C@@H]2CC[C@]2(C)[C@H](OC)CC[C@@H]32)CC1=O. The molecule has 4 nitrogen and oxygen atoms in total. The Hall–Kier alpha value is -0.450. The standard InChI is InChI=1S/C25H42O4/c1-6-28-23(29-7-2)18-15-25(4)16(14-21(18)26)8-9-17-19-10-11-22(27-5)24(19,3)13-12-20(17)25/h16-20,22-23H,6-15H2,1-5H3/t16-,17-,18+,19-,20-,22+,24-,25-/m0/s1. The largest absolute Gasteiger partial charge is 0.381 e. The van der Waals surface area contributed by atoms with E-state index < -0.39 is 0 Å². The zero-order valence-corrected chi connectivity index (χ0v) is 19.2. The molecule has 0 amide bonds. The van der Waals surface area contributed by atoms with Gasteiger partial charge in [-0.15, -0.1) is 0 Å². The Bertz CT molecular complexity index is 600. The van der Waals surface area contributed by atoms with Gasteiger partial charge in [0.1, 0.15) is 5.78 Å². The first-order valence-electron chi connectivity index (χ1n) is 12.2. The molecule has 4 rings (SSSR count). The van der Waals surface area contributed by atoms with Crippen molar-refractivity contribution in [2.24, 2.45) is 40.4 Å². The van der Waals surface area contributed by atoms with E-state index in [-0.39, 0.29) is 17.6 Å². The Kier molecular flexibility index (Phi) is 6.18. The molecule has 0 bridgehead atoms. The smallest absolute Gasteiger partial charge is 0.167 e. The van der Waals surface area contributed by atoms with Gasteiger partial charge in [0.25, 0.3) is 0 Å². The predicted octanol–water partition coefficient (Wildman–Crippen LogP) is 5.24. The third kappa shape index (κ3) is 3.42. The van der Waals surface area contributed by atoms with Gasteiger partial charge in [0.2, 0.25) is 0 Å². The summed E-state index contributed by atoms with van der Waals surface area (Å²) in [7, 11) is 1.90. The number of Topliss-reactive ketones (excluding diaryl/α,β-unsaturated/α-hetero) is 1. The molecule has 4 saturated carbocycles. The van der Waals surface area contributed by atoms with Gasteiger partial charge in [0, 0.05) is 26.7 Å². The number of fused-ring (bicyclic) bond motifs is 5. The van der Waals surface area contributed by atoms with E-state index in [0.29, 0.717) is 36.4 Å². The van der Waals surface area contributed by atoms with Crippen molar-refractivity contribution < 1.29 is 19.0 Å². The minimum absolute atomic E-state index is 0.0986. The molecule has 0 spiro atoms. The van der Waals surface area contributed by atoms with E-state index in [9.17, 15) is 4.79 Å². The fourth-order valence-electron chi connectivity index (χ4n) is 8.37. The van der Waals surface area contributed by atoms with Crippen LogP contribution in [0.25, 0.3) is 0 Å². The van der Waals surface area contributed by atoms with Crippen LogP contribution in [0.2, 0.25) is 0 Å². The van der Waals surface area contributed by atoms with Crippen LogP contribution in [0.5, 0.6) is 0 Å². The van der Waals surface area contributed by atoms with Gasteiger partial charge < -0.3 is 14.2 Å². The lowest BCUT2D eigenvalue weighted by Gasteiger charge is -2.61. The summed E-state index contributed by atoms with van der Waals surface area (Å²) in [6, 6.07) is 0. The summed E-state index contributed by atoms with van der Waals surface area (Å²) in [5, 5.41) is 0. The van der Waals surface area contributed by atoms with Crippen molar-refractivity contribution in [1.29, 1.82) is 0 Å². The number of ether oxygens (including phenoxy) is 3. The van der Waals surface area contributed by atoms with Crippen molar-refractivity contribution in [3.63, 3.8) is 0 Å². The van der Waals surface area contributed by atoms with Crippen LogP contribution >= 0.6 is 0 Å². The van der Waals surface area contributed by atoms with Crippen molar-refractivity contribution in [2.45, 2.75) is 91.5 Å². The Morgan fingerprint density at radius 2 is 1.66 bits per heavy atom. The molecule has 0 unspecified atom stereocenters. The maximum atomic E-state index is 13.1. The Morgan fingerprint density at radius 1 is 0.966 bits per heavy atom. The van der Waals surface area contributed by atoms with Gasteiger partial charge in [0.15, 0.2) is 6.29 Å². The van der Waals surface area contributed by atoms with Crippen molar-refractivity contribution in [3.8, 4) is 0 Å². The first-order chi connectivity index (χ1) is 13.9. The van der Waals surface area contributed by atoms with Gasteiger partial charge in [-0.3, -0.25) is 4.79 Å². The van der Waals surface area contributed by atoms with Crippen molar-refractivity contribution >= 4 is 5.78 Å². The molecule has 8 atom stereocenters. The first-order valence-corrected chi connectivity index (χ1v) is 12.2. The molecular weight excluding hydrogens is 364 g/mol. The van der Waals surface area contributed by atoms with E-state index in [1.54, 1.807) is 0 Å². The predicted molar refractivity (Wildman–Crippen MR) is 113 cm³/mol. The highest BCUT2D eigenvalue weighted by Crippen LogP contribution is 2.66. The lowest BCUT2D eigenvalue weighted by molar-refractivity contribution is -0.200. The fraction of sp³-hybridized carbons (Fsp3) is 0.960. The first kappa shape index (κ1) is 21.8. The molecule has 0 aromatic rings. The van der Waals surface area contributed by atoms with Gasteiger partial charge in [-0.25, -0.2) is 0 Å². The van der Waals surface area contributed by atoms with Crippen LogP contribution in [0.4, 0.5) is 0 Å². The maximum absolute atomic E-state index is 13.1. The minimum atomic E-state index is -0.367. The van der Waals surface area contributed by atoms with Crippen molar-refractivity contribution in [2.75, 3.05) is 20.3 Å². The molecular formula is C25H42O4. The Labute approximate surface area is 177 Å². The summed E-state index contributed by atoms with van der Waals surface area (Å²) >= 11 is 0. The third-order valence-electron chi connectivity index (χ3n) is 9.77. The second-order valence-corrected chi connectivity index (χ2v) is 10.8. The summed E-state index contributed by atoms with van der Waals surface area (Å²) in [6.45, 7) is 10.2. The normalized spacial score (nSPS) is 47.0. The maximum Gasteiger partial charge on any atom is 0.167 e. The van der Waals surface area contributed by atoms with Gasteiger partial charge in [-0.2, -0.15) is 0 Å². The molecule has 29 heavy (non-hydrogen) atoms. The van der Waals surface area contributed by atoms with Crippen LogP contribution in [-0.4, -0.2) is 38.5 Å². The number of carbonyl (C=O) groups excluding carboxylic acids is 1. The van der Waals surface area contributed by atoms with Gasteiger partial charge in [-0.05, 0) is 93.3 Å². The second kappa shape index (κ2) is 8.24. The quantitative estimate of drug-likeness (QED) is 0.566. The molecule has 0 saturated heterocycles. The lowest BCUT2D eigenvalue weighted by Crippen LogP contribution is -2.56. The molecule has 0 aromatic heterocycles. The molecule has 0 aliphatic heterocycles. The monoisotopic (exact) mass is 406 g/mol. The third-order valence-corrected chi connectivity index (χ3v) is 9.77. The van der Waals surface area contributed by atoms with Crippen LogP contribution < -0.4 is 0 Å². The van der Waals surface area contributed by atoms with E-state index in [1.807, 2.05) is 21.0 Å². The van der Waals surface area contributed by atoms with Crippen LogP contribution in [0.3, 0.4) is 0 Å². The number of methoxy groups -OCH3 is 1. The number of carbonyl (C=O) groups is 1. The summed E-state index contributed by atoms with van der Waals surface area (Å²) in [4.78, 5) is 13.1. The van der Waals surface area contributed by atoms with Crippen LogP contribution in [0.1, 0.15) is 79.1 Å². The van der Waals surface area contributed by atoms with E-state index >= 15 is 0 Å². The van der Waals surface area contributed by atoms with Crippen molar-refractivity contribution in [1.82, 2.24) is 0 Å². The Balaban J connectivity index is 1.58. The van der Waals surface area contributed by atoms with E-state index in [0.717, 1.165) is 30.6 Å². The topological polar surface area (TPSA) is 44.8 Å². The zero-order valence-electron chi connectivity index (χ0n) is 19.2. The van der Waals surface area contributed by atoms with E-state index in [1.165, 1.54) is 38.5 Å². The molecule has 0 radical (unpaired) electrons. The highest BCUT2D eigenvalue weighted by molar-refractivity contribution is 5.82. The number of rotatable bonds is 6. The van der Waals surface area contributed by atoms with Gasteiger partial charge in [0.05, 0.1) is 12.0 Å². The highest BCUT2D eigenvalue weighted by atomic mass is 16.7. The average Bonchev–Trinajstić information content (AvgIpc) is 3.04. The van der Waals surface area contributed by atoms with E-state index in [4.69, 9.17) is 14.2 Å². The summed E-state index contributed by atoms with van der Waals surface area (Å²) in [5.74, 6) is 3.13. The van der Waals surface area contributed by atoms with Crippen LogP contribution in [0.15, 0.2) is 0 Å². The molecule has 4 aliphatic carbocycles.